The number of carbonyl (C=O) groups excluding carboxylic acids is 1. The van der Waals surface area contributed by atoms with Gasteiger partial charge < -0.3 is 9.64 Å². The number of benzene rings is 1. The average Bonchev–Trinajstić information content (AvgIpc) is 2.74. The molecular weight excluding hydrogens is 374 g/mol. The van der Waals surface area contributed by atoms with Crippen molar-refractivity contribution in [3.63, 3.8) is 0 Å². The zero-order valence-corrected chi connectivity index (χ0v) is 17.4. The van der Waals surface area contributed by atoms with Gasteiger partial charge in [-0.05, 0) is 42.8 Å². The van der Waals surface area contributed by atoms with E-state index < -0.39 is 0 Å². The van der Waals surface area contributed by atoms with Crippen LogP contribution in [0.2, 0.25) is 0 Å². The quantitative estimate of drug-likeness (QED) is 0.631. The highest BCUT2D eigenvalue weighted by atomic mass is 35.5. The van der Waals surface area contributed by atoms with Crippen molar-refractivity contribution in [1.82, 2.24) is 14.8 Å². The summed E-state index contributed by atoms with van der Waals surface area (Å²) in [4.78, 5) is 21.4. The Bertz CT molecular complexity index is 701. The Hall–Kier alpha value is -2.11. The lowest BCUT2D eigenvalue weighted by atomic mass is 10.1. The molecule has 3 rings (SSSR count). The summed E-state index contributed by atoms with van der Waals surface area (Å²) < 4.78 is 5.67. The first-order chi connectivity index (χ1) is 13.3. The highest BCUT2D eigenvalue weighted by Crippen LogP contribution is 2.15. The number of amides is 1. The molecule has 0 aliphatic carbocycles. The van der Waals surface area contributed by atoms with E-state index in [2.05, 4.69) is 22.9 Å². The number of piperazine rings is 1. The molecule has 2 aromatic rings. The van der Waals surface area contributed by atoms with E-state index in [1.807, 2.05) is 47.5 Å². The molecule has 1 fully saturated rings. The smallest absolute Gasteiger partial charge is 0.253 e. The predicted octanol–water partition coefficient (Wildman–Crippen LogP) is 3.68. The first-order valence-electron chi connectivity index (χ1n) is 9.90. The van der Waals surface area contributed by atoms with Crippen molar-refractivity contribution in [3.8, 4) is 5.75 Å². The summed E-state index contributed by atoms with van der Waals surface area (Å²) in [7, 11) is 0. The number of hydrogen-bond donors (Lipinski definition) is 0. The molecule has 152 valence electrons. The minimum atomic E-state index is 0. The number of carbonyl (C=O) groups is 1. The summed E-state index contributed by atoms with van der Waals surface area (Å²) in [6, 6.07) is 13.6. The lowest BCUT2D eigenvalue weighted by Gasteiger charge is -2.34. The van der Waals surface area contributed by atoms with Crippen molar-refractivity contribution in [2.45, 2.75) is 26.2 Å². The maximum Gasteiger partial charge on any atom is 0.253 e. The molecule has 2 heterocycles. The number of pyridine rings is 1. The van der Waals surface area contributed by atoms with E-state index in [-0.39, 0.29) is 18.3 Å². The van der Waals surface area contributed by atoms with Gasteiger partial charge in [0.25, 0.3) is 5.91 Å². The van der Waals surface area contributed by atoms with Gasteiger partial charge in [0.15, 0.2) is 0 Å². The van der Waals surface area contributed by atoms with Gasteiger partial charge in [-0.1, -0.05) is 19.4 Å². The summed E-state index contributed by atoms with van der Waals surface area (Å²) in [5.74, 6) is 0.943. The summed E-state index contributed by atoms with van der Waals surface area (Å²) in [6.07, 6.45) is 4.95. The summed E-state index contributed by atoms with van der Waals surface area (Å²) >= 11 is 0. The Balaban J connectivity index is 0.00000280. The third-order valence-electron chi connectivity index (χ3n) is 4.94. The molecule has 0 N–H and O–H groups in total. The molecule has 1 aliphatic heterocycles. The lowest BCUT2D eigenvalue weighted by molar-refractivity contribution is 0.0638. The second-order valence-corrected chi connectivity index (χ2v) is 6.93. The Labute approximate surface area is 174 Å². The summed E-state index contributed by atoms with van der Waals surface area (Å²) in [6.45, 7) is 7.23. The molecule has 6 heteroatoms. The number of unbranched alkanes of at least 4 members (excludes halogenated alkanes) is 1. The molecule has 5 nitrogen and oxygen atoms in total. The number of ether oxygens (including phenoxy) is 1. The fourth-order valence-electron chi connectivity index (χ4n) is 3.20. The standard InChI is InChI=1S/C22H29N3O2.ClH/c1-2-3-18-27-21-9-7-19(8-10-21)22(26)25-16-14-24(15-17-25)13-11-20-6-4-5-12-23-20;/h4-10,12H,2-3,11,13-18H2,1H3;1H. The molecular formula is C22H30ClN3O2. The van der Waals surface area contributed by atoms with Crippen LogP contribution in [0, 0.1) is 0 Å². The number of halogens is 1. The minimum Gasteiger partial charge on any atom is -0.494 e. The molecule has 0 atom stereocenters. The molecule has 1 aromatic heterocycles. The largest absolute Gasteiger partial charge is 0.494 e. The van der Waals surface area contributed by atoms with Crippen LogP contribution in [0.5, 0.6) is 5.75 Å². The lowest BCUT2D eigenvalue weighted by Crippen LogP contribution is -2.49. The van der Waals surface area contributed by atoms with E-state index >= 15 is 0 Å². The van der Waals surface area contributed by atoms with Gasteiger partial charge in [-0.15, -0.1) is 12.4 Å². The van der Waals surface area contributed by atoms with Crippen LogP contribution < -0.4 is 4.74 Å². The van der Waals surface area contributed by atoms with Crippen molar-refractivity contribution in [3.05, 3.63) is 59.9 Å². The summed E-state index contributed by atoms with van der Waals surface area (Å²) in [5.41, 5.74) is 1.86. The normalized spacial score (nSPS) is 14.4. The third-order valence-corrected chi connectivity index (χ3v) is 4.94. The van der Waals surface area contributed by atoms with Crippen LogP contribution in [0.25, 0.3) is 0 Å². The first kappa shape index (κ1) is 22.2. The number of hydrogen-bond acceptors (Lipinski definition) is 4. The molecule has 0 spiro atoms. The van der Waals surface area contributed by atoms with E-state index in [1.165, 1.54) is 0 Å². The van der Waals surface area contributed by atoms with E-state index in [0.29, 0.717) is 0 Å². The monoisotopic (exact) mass is 403 g/mol. The molecule has 1 saturated heterocycles. The fraction of sp³-hybridized carbons (Fsp3) is 0.455. The van der Waals surface area contributed by atoms with Gasteiger partial charge in [-0.25, -0.2) is 0 Å². The van der Waals surface area contributed by atoms with Gasteiger partial charge in [0.05, 0.1) is 6.61 Å². The topological polar surface area (TPSA) is 45.7 Å². The number of nitrogens with zero attached hydrogens (tertiary/aromatic N) is 3. The molecule has 1 aliphatic rings. The van der Waals surface area contributed by atoms with Crippen LogP contribution in [-0.4, -0.2) is 60.0 Å². The second-order valence-electron chi connectivity index (χ2n) is 6.93. The zero-order valence-electron chi connectivity index (χ0n) is 16.5. The first-order valence-corrected chi connectivity index (χ1v) is 9.90. The van der Waals surface area contributed by atoms with Crippen molar-refractivity contribution in [2.24, 2.45) is 0 Å². The molecule has 0 unspecified atom stereocenters. The number of aromatic nitrogens is 1. The maximum absolute atomic E-state index is 12.7. The van der Waals surface area contributed by atoms with Gasteiger partial charge >= 0.3 is 0 Å². The van der Waals surface area contributed by atoms with Crippen molar-refractivity contribution >= 4 is 18.3 Å². The van der Waals surface area contributed by atoms with Crippen LogP contribution in [-0.2, 0) is 6.42 Å². The van der Waals surface area contributed by atoms with E-state index in [0.717, 1.165) is 75.6 Å². The zero-order chi connectivity index (χ0) is 18.9. The van der Waals surface area contributed by atoms with Gasteiger partial charge in [-0.2, -0.15) is 0 Å². The van der Waals surface area contributed by atoms with Gasteiger partial charge in [-0.3, -0.25) is 14.7 Å². The molecule has 28 heavy (non-hydrogen) atoms. The molecule has 0 saturated carbocycles. The Morgan fingerprint density at radius 3 is 2.46 bits per heavy atom. The van der Waals surface area contributed by atoms with E-state index in [9.17, 15) is 4.79 Å². The van der Waals surface area contributed by atoms with Crippen molar-refractivity contribution in [2.75, 3.05) is 39.3 Å². The van der Waals surface area contributed by atoms with Crippen LogP contribution in [0.3, 0.4) is 0 Å². The Kier molecular flexibility index (Phi) is 9.24. The number of rotatable bonds is 8. The maximum atomic E-state index is 12.7. The molecule has 1 amide bonds. The fourth-order valence-corrected chi connectivity index (χ4v) is 3.20. The summed E-state index contributed by atoms with van der Waals surface area (Å²) in [5, 5.41) is 0. The third kappa shape index (κ3) is 6.50. The SMILES string of the molecule is CCCCOc1ccc(C(=O)N2CCN(CCc3ccccn3)CC2)cc1.Cl. The molecule has 1 aromatic carbocycles. The molecule has 0 radical (unpaired) electrons. The predicted molar refractivity (Wildman–Crippen MR) is 114 cm³/mol. The van der Waals surface area contributed by atoms with Crippen LogP contribution >= 0.6 is 12.4 Å². The second kappa shape index (κ2) is 11.7. The Morgan fingerprint density at radius 1 is 1.07 bits per heavy atom. The highest BCUT2D eigenvalue weighted by Gasteiger charge is 2.22. The van der Waals surface area contributed by atoms with Crippen LogP contribution in [0.15, 0.2) is 48.7 Å². The highest BCUT2D eigenvalue weighted by molar-refractivity contribution is 5.94. The van der Waals surface area contributed by atoms with E-state index in [1.54, 1.807) is 0 Å². The van der Waals surface area contributed by atoms with Crippen LogP contribution in [0.1, 0.15) is 35.8 Å². The van der Waals surface area contributed by atoms with Crippen molar-refractivity contribution < 1.29 is 9.53 Å². The van der Waals surface area contributed by atoms with Crippen LogP contribution in [0.4, 0.5) is 0 Å². The van der Waals surface area contributed by atoms with Gasteiger partial charge in [0.1, 0.15) is 5.75 Å². The van der Waals surface area contributed by atoms with Crippen molar-refractivity contribution in [1.29, 1.82) is 0 Å². The average molecular weight is 404 g/mol. The Morgan fingerprint density at radius 2 is 1.82 bits per heavy atom. The van der Waals surface area contributed by atoms with Gasteiger partial charge in [0.2, 0.25) is 0 Å². The van der Waals surface area contributed by atoms with Gasteiger partial charge in [0, 0.05) is 56.6 Å². The van der Waals surface area contributed by atoms with E-state index in [4.69, 9.17) is 4.74 Å². The molecule has 0 bridgehead atoms. The minimum absolute atomic E-state index is 0.